The number of rotatable bonds is 1. The van der Waals surface area contributed by atoms with Gasteiger partial charge in [-0.2, -0.15) is 0 Å². The third-order valence-corrected chi connectivity index (χ3v) is 6.94. The second-order valence-corrected chi connectivity index (χ2v) is 7.91. The number of likely N-dealkylation sites (N-methyl/N-ethyl adjacent to an activating group) is 1. The maximum Gasteiger partial charge on any atom is 0.231 e. The van der Waals surface area contributed by atoms with E-state index in [1.54, 1.807) is 7.11 Å². The molecule has 4 aliphatic rings. The monoisotopic (exact) mass is 330 g/mol. The smallest absolute Gasteiger partial charge is 0.231 e. The maximum absolute atomic E-state index is 11.3. The second kappa shape index (κ2) is 4.54. The van der Waals surface area contributed by atoms with Gasteiger partial charge >= 0.3 is 0 Å². The summed E-state index contributed by atoms with van der Waals surface area (Å²) in [7, 11) is 3.95. The minimum atomic E-state index is -0.540. The molecule has 1 aromatic rings. The van der Waals surface area contributed by atoms with Crippen LogP contribution in [0.4, 0.5) is 0 Å². The van der Waals surface area contributed by atoms with E-state index in [9.17, 15) is 5.11 Å². The lowest BCUT2D eigenvalue weighted by Crippen LogP contribution is -2.61. The second-order valence-electron chi connectivity index (χ2n) is 7.91. The quantitative estimate of drug-likeness (QED) is 0.633. The minimum Gasteiger partial charge on any atom is -0.454 e. The number of fused-ring (bicyclic) bond motifs is 2. The van der Waals surface area contributed by atoms with Gasteiger partial charge in [0.15, 0.2) is 11.5 Å². The first-order valence-corrected chi connectivity index (χ1v) is 8.70. The molecule has 1 aliphatic carbocycles. The van der Waals surface area contributed by atoms with E-state index in [-0.39, 0.29) is 18.3 Å². The van der Waals surface area contributed by atoms with Gasteiger partial charge in [0.05, 0.1) is 25.1 Å². The molecular formula is C19H24NO4+. The average Bonchev–Trinajstić information content (AvgIpc) is 3.12. The third kappa shape index (κ3) is 1.51. The Kier molecular flexibility index (Phi) is 2.79. The van der Waals surface area contributed by atoms with Crippen molar-refractivity contribution in [2.24, 2.45) is 5.92 Å². The van der Waals surface area contributed by atoms with Crippen LogP contribution in [0.3, 0.4) is 0 Å². The number of ether oxygens (including phenoxy) is 3. The van der Waals surface area contributed by atoms with Crippen LogP contribution in [0.25, 0.3) is 0 Å². The molecule has 0 radical (unpaired) electrons. The molecule has 128 valence electrons. The molecule has 0 spiro atoms. The zero-order valence-corrected chi connectivity index (χ0v) is 14.4. The predicted molar refractivity (Wildman–Crippen MR) is 87.8 cm³/mol. The molecule has 0 aromatic heterocycles. The average molecular weight is 330 g/mol. The van der Waals surface area contributed by atoms with Gasteiger partial charge < -0.3 is 19.3 Å². The van der Waals surface area contributed by atoms with Crippen LogP contribution in [0.15, 0.2) is 24.3 Å². The van der Waals surface area contributed by atoms with E-state index in [1.807, 2.05) is 6.07 Å². The van der Waals surface area contributed by atoms with Gasteiger partial charge in [0.2, 0.25) is 13.0 Å². The standard InChI is InChI=1S/C19H24NO4/c1-11-9-20(2)17-6-12(22-3)4-5-19(11,17)14-8-16-15(23-10-24-16)7-13(14)18(20)21/h4-5,7-8,11-12,17-18,21H,6,9-10H2,1-3H3/q+1/t11-,12+,17-,18?,19-,20-/m0/s1. The summed E-state index contributed by atoms with van der Waals surface area (Å²) in [6.45, 7) is 3.52. The van der Waals surface area contributed by atoms with Crippen LogP contribution in [0.1, 0.15) is 30.7 Å². The predicted octanol–water partition coefficient (Wildman–Crippen LogP) is 2.10. The molecular weight excluding hydrogens is 306 g/mol. The van der Waals surface area contributed by atoms with E-state index in [0.717, 1.165) is 30.0 Å². The molecule has 0 saturated carbocycles. The number of aliphatic hydroxyl groups excluding tert-OH is 1. The van der Waals surface area contributed by atoms with Crippen molar-refractivity contribution in [3.05, 3.63) is 35.4 Å². The van der Waals surface area contributed by atoms with Crippen LogP contribution in [-0.2, 0) is 10.2 Å². The van der Waals surface area contributed by atoms with Gasteiger partial charge in [-0.15, -0.1) is 0 Å². The van der Waals surface area contributed by atoms with Gasteiger partial charge in [0.1, 0.15) is 6.04 Å². The molecule has 2 bridgehead atoms. The van der Waals surface area contributed by atoms with Crippen molar-refractivity contribution in [2.75, 3.05) is 27.5 Å². The molecule has 1 unspecified atom stereocenters. The van der Waals surface area contributed by atoms with Crippen LogP contribution in [0.2, 0.25) is 0 Å². The number of aliphatic hydroxyl groups is 1. The summed E-state index contributed by atoms with van der Waals surface area (Å²) in [5, 5.41) is 11.3. The van der Waals surface area contributed by atoms with E-state index >= 15 is 0 Å². The molecule has 6 atom stereocenters. The molecule has 3 heterocycles. The van der Waals surface area contributed by atoms with Gasteiger partial charge in [-0.3, -0.25) is 4.48 Å². The Morgan fingerprint density at radius 1 is 1.29 bits per heavy atom. The Morgan fingerprint density at radius 3 is 2.79 bits per heavy atom. The van der Waals surface area contributed by atoms with E-state index in [2.05, 4.69) is 32.2 Å². The fourth-order valence-corrected chi connectivity index (χ4v) is 5.80. The summed E-state index contributed by atoms with van der Waals surface area (Å²) in [5.74, 6) is 1.99. The highest BCUT2D eigenvalue weighted by Crippen LogP contribution is 2.61. The SMILES string of the molecule is CO[C@@H]1C=C[C@@]23c4cc5c(cc4C(O)[N@@+](C)(C[C@@H]2C)[C@H]3C1)OCO5. The zero-order valence-electron chi connectivity index (χ0n) is 14.4. The lowest BCUT2D eigenvalue weighted by Gasteiger charge is -2.51. The zero-order chi connectivity index (χ0) is 16.7. The van der Waals surface area contributed by atoms with Gasteiger partial charge in [-0.05, 0) is 17.7 Å². The highest BCUT2D eigenvalue weighted by molar-refractivity contribution is 5.55. The Morgan fingerprint density at radius 2 is 2.04 bits per heavy atom. The number of methoxy groups -OCH3 is 1. The molecule has 3 aliphatic heterocycles. The van der Waals surface area contributed by atoms with Crippen LogP contribution >= 0.6 is 0 Å². The first-order chi connectivity index (χ1) is 11.5. The highest BCUT2D eigenvalue weighted by Gasteiger charge is 2.67. The van der Waals surface area contributed by atoms with Gasteiger partial charge in [0.25, 0.3) is 0 Å². The molecule has 5 rings (SSSR count). The summed E-state index contributed by atoms with van der Waals surface area (Å²) in [5.41, 5.74) is 2.12. The molecule has 1 aromatic carbocycles. The Balaban J connectivity index is 1.79. The van der Waals surface area contributed by atoms with Crippen molar-refractivity contribution in [3.63, 3.8) is 0 Å². The summed E-state index contributed by atoms with van der Waals surface area (Å²) >= 11 is 0. The van der Waals surface area contributed by atoms with Gasteiger partial charge in [0, 0.05) is 25.0 Å². The van der Waals surface area contributed by atoms with Crippen molar-refractivity contribution < 1.29 is 23.8 Å². The topological polar surface area (TPSA) is 47.9 Å². The molecule has 5 heteroatoms. The van der Waals surface area contributed by atoms with Crippen LogP contribution in [-0.4, -0.2) is 49.2 Å². The molecule has 1 fully saturated rings. The van der Waals surface area contributed by atoms with Crippen molar-refractivity contribution in [1.82, 2.24) is 0 Å². The van der Waals surface area contributed by atoms with Crippen LogP contribution in [0.5, 0.6) is 11.5 Å². The Labute approximate surface area is 142 Å². The Hall–Kier alpha value is -1.56. The Bertz CT molecular complexity index is 747. The maximum atomic E-state index is 11.3. The molecule has 5 nitrogen and oxygen atoms in total. The van der Waals surface area contributed by atoms with Crippen molar-refractivity contribution >= 4 is 0 Å². The van der Waals surface area contributed by atoms with E-state index in [0.29, 0.717) is 16.4 Å². The molecule has 1 N–H and O–H groups in total. The first kappa shape index (κ1) is 14.8. The number of hydrogen-bond donors (Lipinski definition) is 1. The largest absolute Gasteiger partial charge is 0.454 e. The highest BCUT2D eigenvalue weighted by atomic mass is 16.7. The summed E-state index contributed by atoms with van der Waals surface area (Å²) in [4.78, 5) is 0. The summed E-state index contributed by atoms with van der Waals surface area (Å²) in [6.07, 6.45) is 5.06. The normalized spacial score (nSPS) is 44.3. The van der Waals surface area contributed by atoms with Crippen LogP contribution < -0.4 is 9.47 Å². The third-order valence-electron chi connectivity index (χ3n) is 6.94. The lowest BCUT2D eigenvalue weighted by atomic mass is 9.62. The number of benzene rings is 1. The number of hydrogen-bond acceptors (Lipinski definition) is 4. The van der Waals surface area contributed by atoms with E-state index < -0.39 is 6.23 Å². The van der Waals surface area contributed by atoms with Crippen molar-refractivity contribution in [2.45, 2.75) is 37.1 Å². The van der Waals surface area contributed by atoms with Crippen molar-refractivity contribution in [3.8, 4) is 11.5 Å². The number of nitrogens with zero attached hydrogens (tertiary/aromatic N) is 1. The fourth-order valence-electron chi connectivity index (χ4n) is 5.80. The van der Waals surface area contributed by atoms with Gasteiger partial charge in [-0.1, -0.05) is 19.1 Å². The summed E-state index contributed by atoms with van der Waals surface area (Å²) in [6, 6.07) is 4.41. The summed E-state index contributed by atoms with van der Waals surface area (Å²) < 4.78 is 17.4. The van der Waals surface area contributed by atoms with Crippen molar-refractivity contribution in [1.29, 1.82) is 0 Å². The molecule has 1 saturated heterocycles. The molecule has 0 amide bonds. The number of quaternary nitrogens is 1. The van der Waals surface area contributed by atoms with Gasteiger partial charge in [-0.25, -0.2) is 0 Å². The van der Waals surface area contributed by atoms with E-state index in [1.165, 1.54) is 5.56 Å². The first-order valence-electron chi connectivity index (χ1n) is 8.70. The van der Waals surface area contributed by atoms with E-state index in [4.69, 9.17) is 14.2 Å². The molecule has 24 heavy (non-hydrogen) atoms. The lowest BCUT2D eigenvalue weighted by molar-refractivity contribution is -0.976. The fraction of sp³-hybridized carbons (Fsp3) is 0.579. The van der Waals surface area contributed by atoms with Crippen LogP contribution in [0, 0.1) is 5.92 Å². The minimum absolute atomic E-state index is 0.0701.